The fraction of sp³-hybridized carbons (Fsp3) is 0.538. The molecule has 0 heterocycles. The van der Waals surface area contributed by atoms with E-state index in [0.717, 1.165) is 24.3 Å². The second kappa shape index (κ2) is 8.37. The molecule has 2 nitrogen and oxygen atoms in total. The molecule has 17 heavy (non-hydrogen) atoms. The summed E-state index contributed by atoms with van der Waals surface area (Å²) in [5, 5.41) is 3.25. The maximum atomic E-state index is 13.3. The molecule has 0 fully saturated rings. The summed E-state index contributed by atoms with van der Waals surface area (Å²) >= 11 is 1.72. The Labute approximate surface area is 107 Å². The van der Waals surface area contributed by atoms with Crippen molar-refractivity contribution < 1.29 is 9.13 Å². The number of thioether (sulfide) groups is 1. The van der Waals surface area contributed by atoms with E-state index >= 15 is 0 Å². The topological polar surface area (TPSA) is 21.3 Å². The fourth-order valence-corrected chi connectivity index (χ4v) is 1.71. The van der Waals surface area contributed by atoms with Crippen molar-refractivity contribution in [2.75, 3.05) is 25.2 Å². The zero-order valence-electron chi connectivity index (χ0n) is 10.5. The highest BCUT2D eigenvalue weighted by atomic mass is 32.2. The second-order valence-corrected chi connectivity index (χ2v) is 4.80. The van der Waals surface area contributed by atoms with Crippen LogP contribution in [-0.4, -0.2) is 25.2 Å². The number of hydrogen-bond acceptors (Lipinski definition) is 3. The lowest BCUT2D eigenvalue weighted by molar-refractivity contribution is 0.341. The van der Waals surface area contributed by atoms with Gasteiger partial charge in [0.1, 0.15) is 11.6 Å². The Bertz CT molecular complexity index is 305. The summed E-state index contributed by atoms with van der Waals surface area (Å²) in [5.74, 6) is 1.30. The van der Waals surface area contributed by atoms with Crippen LogP contribution >= 0.6 is 11.8 Å². The SMILES string of the molecule is CCCNCc1cc(F)cc(OCCSC)c1. The van der Waals surface area contributed by atoms with Crippen LogP contribution in [-0.2, 0) is 6.54 Å². The van der Waals surface area contributed by atoms with Crippen LogP contribution in [0.25, 0.3) is 0 Å². The molecule has 1 aromatic carbocycles. The van der Waals surface area contributed by atoms with Crippen LogP contribution in [0.1, 0.15) is 18.9 Å². The summed E-state index contributed by atoms with van der Waals surface area (Å²) in [4.78, 5) is 0. The van der Waals surface area contributed by atoms with Crippen molar-refractivity contribution >= 4 is 11.8 Å². The molecule has 1 rings (SSSR count). The number of hydrogen-bond donors (Lipinski definition) is 1. The van der Waals surface area contributed by atoms with Gasteiger partial charge in [0.2, 0.25) is 0 Å². The minimum atomic E-state index is -0.236. The highest BCUT2D eigenvalue weighted by Gasteiger charge is 2.01. The third kappa shape index (κ3) is 5.94. The average molecular weight is 257 g/mol. The molecule has 0 amide bonds. The third-order valence-electron chi connectivity index (χ3n) is 2.24. The second-order valence-electron chi connectivity index (χ2n) is 3.81. The maximum Gasteiger partial charge on any atom is 0.127 e. The third-order valence-corrected chi connectivity index (χ3v) is 2.82. The van der Waals surface area contributed by atoms with E-state index in [1.807, 2.05) is 12.3 Å². The monoisotopic (exact) mass is 257 g/mol. The quantitative estimate of drug-likeness (QED) is 0.723. The minimum absolute atomic E-state index is 0.236. The number of ether oxygens (including phenoxy) is 1. The van der Waals surface area contributed by atoms with E-state index in [9.17, 15) is 4.39 Å². The first-order chi connectivity index (χ1) is 8.26. The zero-order chi connectivity index (χ0) is 12.5. The van der Waals surface area contributed by atoms with E-state index in [0.29, 0.717) is 18.9 Å². The summed E-state index contributed by atoms with van der Waals surface area (Å²) in [6.07, 6.45) is 3.10. The maximum absolute atomic E-state index is 13.3. The van der Waals surface area contributed by atoms with E-state index in [1.54, 1.807) is 17.8 Å². The number of nitrogens with one attached hydrogen (secondary N) is 1. The Balaban J connectivity index is 2.53. The van der Waals surface area contributed by atoms with Gasteiger partial charge in [-0.25, -0.2) is 4.39 Å². The highest BCUT2D eigenvalue weighted by Crippen LogP contribution is 2.16. The van der Waals surface area contributed by atoms with Crippen molar-refractivity contribution in [1.82, 2.24) is 5.32 Å². The normalized spacial score (nSPS) is 10.5. The van der Waals surface area contributed by atoms with Crippen LogP contribution in [0, 0.1) is 5.82 Å². The Morgan fingerprint density at radius 2 is 2.18 bits per heavy atom. The van der Waals surface area contributed by atoms with Gasteiger partial charge in [0.05, 0.1) is 6.61 Å². The highest BCUT2D eigenvalue weighted by molar-refractivity contribution is 7.98. The number of rotatable bonds is 8. The molecule has 0 atom stereocenters. The van der Waals surface area contributed by atoms with Crippen molar-refractivity contribution in [3.05, 3.63) is 29.6 Å². The molecule has 0 spiro atoms. The van der Waals surface area contributed by atoms with Gasteiger partial charge < -0.3 is 10.1 Å². The first-order valence-electron chi connectivity index (χ1n) is 5.88. The van der Waals surface area contributed by atoms with E-state index in [-0.39, 0.29) is 5.82 Å². The average Bonchev–Trinajstić information content (AvgIpc) is 2.29. The minimum Gasteiger partial charge on any atom is -0.493 e. The molecule has 0 aromatic heterocycles. The first kappa shape index (κ1) is 14.3. The molecule has 0 radical (unpaired) electrons. The summed E-state index contributed by atoms with van der Waals surface area (Å²) in [6, 6.07) is 4.87. The Hall–Kier alpha value is -0.740. The van der Waals surface area contributed by atoms with Gasteiger partial charge in [0, 0.05) is 18.4 Å². The molecule has 1 aromatic rings. The largest absolute Gasteiger partial charge is 0.493 e. The van der Waals surface area contributed by atoms with Crippen molar-refractivity contribution in [2.24, 2.45) is 0 Å². The van der Waals surface area contributed by atoms with E-state index in [4.69, 9.17) is 4.74 Å². The van der Waals surface area contributed by atoms with E-state index in [1.165, 1.54) is 6.07 Å². The van der Waals surface area contributed by atoms with Gasteiger partial charge in [-0.05, 0) is 36.9 Å². The molecule has 0 saturated heterocycles. The molecule has 1 N–H and O–H groups in total. The molecule has 0 unspecified atom stereocenters. The van der Waals surface area contributed by atoms with Gasteiger partial charge in [-0.15, -0.1) is 0 Å². The van der Waals surface area contributed by atoms with Crippen molar-refractivity contribution in [2.45, 2.75) is 19.9 Å². The number of benzene rings is 1. The molecule has 0 aliphatic rings. The summed E-state index contributed by atoms with van der Waals surface area (Å²) < 4.78 is 18.8. The molecule has 0 bridgehead atoms. The fourth-order valence-electron chi connectivity index (χ4n) is 1.46. The van der Waals surface area contributed by atoms with Crippen LogP contribution < -0.4 is 10.1 Å². The standard InChI is InChI=1S/C13H20FNOS/c1-3-4-15-10-11-7-12(14)9-13(8-11)16-5-6-17-2/h7-9,15H,3-6,10H2,1-2H3. The van der Waals surface area contributed by atoms with Crippen LogP contribution in [0.3, 0.4) is 0 Å². The van der Waals surface area contributed by atoms with Gasteiger partial charge in [0.25, 0.3) is 0 Å². The Morgan fingerprint density at radius 3 is 2.88 bits per heavy atom. The molecule has 0 aliphatic heterocycles. The molecule has 0 aliphatic carbocycles. The van der Waals surface area contributed by atoms with Gasteiger partial charge in [-0.2, -0.15) is 11.8 Å². The Morgan fingerprint density at radius 1 is 1.35 bits per heavy atom. The lowest BCUT2D eigenvalue weighted by Crippen LogP contribution is -2.14. The van der Waals surface area contributed by atoms with Gasteiger partial charge in [-0.1, -0.05) is 6.92 Å². The number of halogens is 1. The lowest BCUT2D eigenvalue weighted by atomic mass is 10.2. The van der Waals surface area contributed by atoms with Crippen LogP contribution in [0.5, 0.6) is 5.75 Å². The van der Waals surface area contributed by atoms with Crippen molar-refractivity contribution in [1.29, 1.82) is 0 Å². The predicted octanol–water partition coefficient (Wildman–Crippen LogP) is 3.07. The zero-order valence-corrected chi connectivity index (χ0v) is 11.3. The summed E-state index contributed by atoms with van der Waals surface area (Å²) in [6.45, 7) is 4.35. The van der Waals surface area contributed by atoms with Crippen molar-refractivity contribution in [3.63, 3.8) is 0 Å². The lowest BCUT2D eigenvalue weighted by Gasteiger charge is -2.08. The van der Waals surface area contributed by atoms with E-state index in [2.05, 4.69) is 12.2 Å². The summed E-state index contributed by atoms with van der Waals surface area (Å²) in [5.41, 5.74) is 0.928. The molecule has 4 heteroatoms. The predicted molar refractivity (Wildman–Crippen MR) is 72.3 cm³/mol. The van der Waals surface area contributed by atoms with Gasteiger partial charge in [0.15, 0.2) is 0 Å². The van der Waals surface area contributed by atoms with Gasteiger partial charge in [-0.3, -0.25) is 0 Å². The van der Waals surface area contributed by atoms with Gasteiger partial charge >= 0.3 is 0 Å². The van der Waals surface area contributed by atoms with Crippen LogP contribution in [0.2, 0.25) is 0 Å². The summed E-state index contributed by atoms with van der Waals surface area (Å²) in [7, 11) is 0. The first-order valence-corrected chi connectivity index (χ1v) is 7.27. The van der Waals surface area contributed by atoms with Crippen molar-refractivity contribution in [3.8, 4) is 5.75 Å². The van der Waals surface area contributed by atoms with Crippen LogP contribution in [0.4, 0.5) is 4.39 Å². The molecule has 96 valence electrons. The smallest absolute Gasteiger partial charge is 0.127 e. The Kier molecular flexibility index (Phi) is 7.05. The molecular weight excluding hydrogens is 237 g/mol. The van der Waals surface area contributed by atoms with E-state index < -0.39 is 0 Å². The molecule has 0 saturated carbocycles. The van der Waals surface area contributed by atoms with Crippen LogP contribution in [0.15, 0.2) is 18.2 Å². The molecular formula is C13H20FNOS.